The predicted octanol–water partition coefficient (Wildman–Crippen LogP) is 0.884. The van der Waals surface area contributed by atoms with Crippen molar-refractivity contribution < 1.29 is 14.7 Å². The van der Waals surface area contributed by atoms with Crippen LogP contribution in [-0.4, -0.2) is 46.0 Å². The standard InChI is InChI=1S/C12H19NO3S/c1-7(10(6-14)17-2)13-11(15)8-4-3-5-9(8)12(13)16/h7-10,14H,3-6H2,1-2H3. The van der Waals surface area contributed by atoms with Crippen LogP contribution in [0, 0.1) is 11.8 Å². The summed E-state index contributed by atoms with van der Waals surface area (Å²) in [5, 5.41) is 9.18. The summed E-state index contributed by atoms with van der Waals surface area (Å²) in [6.45, 7) is 1.85. The molecule has 0 aromatic rings. The summed E-state index contributed by atoms with van der Waals surface area (Å²) in [6.07, 6.45) is 4.58. The number of nitrogens with zero attached hydrogens (tertiary/aromatic N) is 1. The number of aliphatic hydroxyl groups excluding tert-OH is 1. The molecule has 0 radical (unpaired) electrons. The number of hydrogen-bond acceptors (Lipinski definition) is 4. The Hall–Kier alpha value is -0.550. The Balaban J connectivity index is 2.16. The number of rotatable bonds is 4. The van der Waals surface area contributed by atoms with Crippen LogP contribution in [0.2, 0.25) is 0 Å². The highest BCUT2D eigenvalue weighted by Crippen LogP contribution is 2.41. The Morgan fingerprint density at radius 1 is 1.35 bits per heavy atom. The van der Waals surface area contributed by atoms with Crippen LogP contribution >= 0.6 is 11.8 Å². The van der Waals surface area contributed by atoms with E-state index in [1.165, 1.54) is 16.7 Å². The van der Waals surface area contributed by atoms with Gasteiger partial charge >= 0.3 is 0 Å². The summed E-state index contributed by atoms with van der Waals surface area (Å²) in [5.74, 6) is -0.188. The molecular formula is C12H19NO3S. The van der Waals surface area contributed by atoms with Gasteiger partial charge < -0.3 is 5.11 Å². The minimum atomic E-state index is -0.208. The van der Waals surface area contributed by atoms with E-state index >= 15 is 0 Å². The highest BCUT2D eigenvalue weighted by molar-refractivity contribution is 7.99. The van der Waals surface area contributed by atoms with Crippen LogP contribution in [0.1, 0.15) is 26.2 Å². The maximum absolute atomic E-state index is 12.2. The first-order valence-electron chi connectivity index (χ1n) is 6.12. The Morgan fingerprint density at radius 3 is 2.29 bits per heavy atom. The maximum atomic E-state index is 12.2. The summed E-state index contributed by atoms with van der Waals surface area (Å²) in [5.41, 5.74) is 0. The molecule has 1 N–H and O–H groups in total. The van der Waals surface area contributed by atoms with E-state index in [2.05, 4.69) is 0 Å². The van der Waals surface area contributed by atoms with Crippen molar-refractivity contribution in [3.8, 4) is 0 Å². The second-order valence-electron chi connectivity index (χ2n) is 4.89. The zero-order valence-electron chi connectivity index (χ0n) is 10.3. The molecule has 0 spiro atoms. The number of thioether (sulfide) groups is 1. The summed E-state index contributed by atoms with van der Waals surface area (Å²) in [7, 11) is 0. The highest BCUT2D eigenvalue weighted by Gasteiger charge is 2.51. The molecule has 1 saturated heterocycles. The van der Waals surface area contributed by atoms with Crippen LogP contribution in [0.15, 0.2) is 0 Å². The molecule has 1 saturated carbocycles. The maximum Gasteiger partial charge on any atom is 0.233 e. The second-order valence-corrected chi connectivity index (χ2v) is 5.96. The van der Waals surface area contributed by atoms with E-state index in [9.17, 15) is 14.7 Å². The number of carbonyl (C=O) groups is 2. The van der Waals surface area contributed by atoms with Gasteiger partial charge in [-0.3, -0.25) is 14.5 Å². The molecule has 0 bridgehead atoms. The van der Waals surface area contributed by atoms with Crippen LogP contribution in [0.3, 0.4) is 0 Å². The molecule has 2 amide bonds. The lowest BCUT2D eigenvalue weighted by molar-refractivity contribution is -0.142. The summed E-state index contributed by atoms with van der Waals surface area (Å²) < 4.78 is 0. The molecule has 1 heterocycles. The molecule has 1 aliphatic carbocycles. The molecule has 4 nitrogen and oxygen atoms in total. The molecule has 2 aliphatic rings. The fraction of sp³-hybridized carbons (Fsp3) is 0.833. The summed E-state index contributed by atoms with van der Waals surface area (Å²) in [6, 6.07) is -0.208. The number of amides is 2. The first-order valence-corrected chi connectivity index (χ1v) is 7.41. The third-order valence-corrected chi connectivity index (χ3v) is 5.20. The number of imide groups is 1. The molecule has 0 aromatic carbocycles. The van der Waals surface area contributed by atoms with Gasteiger partial charge in [-0.15, -0.1) is 0 Å². The van der Waals surface area contributed by atoms with Crippen molar-refractivity contribution in [1.29, 1.82) is 0 Å². The third-order valence-electron chi connectivity index (χ3n) is 4.05. The van der Waals surface area contributed by atoms with E-state index in [-0.39, 0.29) is 41.5 Å². The molecule has 2 rings (SSSR count). The van der Waals surface area contributed by atoms with Crippen LogP contribution in [0.4, 0.5) is 0 Å². The minimum Gasteiger partial charge on any atom is -0.395 e. The summed E-state index contributed by atoms with van der Waals surface area (Å²) in [4.78, 5) is 25.8. The zero-order chi connectivity index (χ0) is 12.6. The van der Waals surface area contributed by atoms with Gasteiger partial charge in [-0.05, 0) is 26.0 Å². The number of carbonyl (C=O) groups excluding carboxylic acids is 2. The van der Waals surface area contributed by atoms with Crippen molar-refractivity contribution >= 4 is 23.6 Å². The van der Waals surface area contributed by atoms with Gasteiger partial charge in [0.25, 0.3) is 0 Å². The Morgan fingerprint density at radius 2 is 1.88 bits per heavy atom. The highest BCUT2D eigenvalue weighted by atomic mass is 32.2. The third kappa shape index (κ3) is 1.99. The van der Waals surface area contributed by atoms with E-state index in [1.54, 1.807) is 0 Å². The van der Waals surface area contributed by atoms with Crippen LogP contribution in [0.25, 0.3) is 0 Å². The molecule has 1 aliphatic heterocycles. The molecular weight excluding hydrogens is 238 g/mol. The van der Waals surface area contributed by atoms with Crippen molar-refractivity contribution in [3.63, 3.8) is 0 Å². The lowest BCUT2D eigenvalue weighted by atomic mass is 10.00. The van der Waals surface area contributed by atoms with Gasteiger partial charge in [0.2, 0.25) is 11.8 Å². The largest absolute Gasteiger partial charge is 0.395 e. The first kappa shape index (κ1) is 12.9. The van der Waals surface area contributed by atoms with Gasteiger partial charge in [0.1, 0.15) is 0 Å². The van der Waals surface area contributed by atoms with Crippen molar-refractivity contribution in [2.75, 3.05) is 12.9 Å². The fourth-order valence-electron chi connectivity index (χ4n) is 3.01. The molecule has 0 aromatic heterocycles. The molecule has 2 fully saturated rings. The normalized spacial score (nSPS) is 31.8. The van der Waals surface area contributed by atoms with E-state index in [0.29, 0.717) is 0 Å². The smallest absolute Gasteiger partial charge is 0.233 e. The van der Waals surface area contributed by atoms with E-state index in [4.69, 9.17) is 0 Å². The topological polar surface area (TPSA) is 57.6 Å². The Kier molecular flexibility index (Phi) is 3.78. The monoisotopic (exact) mass is 257 g/mol. The SMILES string of the molecule is CSC(CO)C(C)N1C(=O)C2CCCC2C1=O. The quantitative estimate of drug-likeness (QED) is 0.760. The van der Waals surface area contributed by atoms with Gasteiger partial charge in [0, 0.05) is 5.25 Å². The van der Waals surface area contributed by atoms with E-state index in [0.717, 1.165) is 19.3 Å². The second kappa shape index (κ2) is 4.98. The number of hydrogen-bond donors (Lipinski definition) is 1. The lowest BCUT2D eigenvalue weighted by Crippen LogP contribution is -2.46. The van der Waals surface area contributed by atoms with E-state index in [1.807, 2.05) is 13.2 Å². The predicted molar refractivity (Wildman–Crippen MR) is 66.5 cm³/mol. The average Bonchev–Trinajstić information content (AvgIpc) is 2.86. The fourth-order valence-corrected chi connectivity index (χ4v) is 3.67. The number of aliphatic hydroxyl groups is 1. The van der Waals surface area contributed by atoms with Crippen molar-refractivity contribution in [3.05, 3.63) is 0 Å². The van der Waals surface area contributed by atoms with Crippen LogP contribution in [-0.2, 0) is 9.59 Å². The average molecular weight is 257 g/mol. The lowest BCUT2D eigenvalue weighted by Gasteiger charge is -2.29. The Labute approximate surface area is 106 Å². The Bertz CT molecular complexity index is 308. The summed E-state index contributed by atoms with van der Waals surface area (Å²) >= 11 is 1.50. The van der Waals surface area contributed by atoms with Crippen molar-refractivity contribution in [1.82, 2.24) is 4.90 Å². The van der Waals surface area contributed by atoms with Gasteiger partial charge in [-0.25, -0.2) is 0 Å². The van der Waals surface area contributed by atoms with Crippen molar-refractivity contribution in [2.24, 2.45) is 11.8 Å². The zero-order valence-corrected chi connectivity index (χ0v) is 11.1. The molecule has 96 valence electrons. The van der Waals surface area contributed by atoms with Gasteiger partial charge in [-0.2, -0.15) is 11.8 Å². The van der Waals surface area contributed by atoms with Gasteiger partial charge in [0.05, 0.1) is 24.5 Å². The molecule has 17 heavy (non-hydrogen) atoms. The molecule has 4 unspecified atom stereocenters. The molecule has 5 heteroatoms. The van der Waals surface area contributed by atoms with Gasteiger partial charge in [0.15, 0.2) is 0 Å². The first-order chi connectivity index (χ1) is 8.11. The van der Waals surface area contributed by atoms with Crippen LogP contribution < -0.4 is 0 Å². The van der Waals surface area contributed by atoms with Crippen LogP contribution in [0.5, 0.6) is 0 Å². The number of fused-ring (bicyclic) bond motifs is 1. The van der Waals surface area contributed by atoms with Gasteiger partial charge in [-0.1, -0.05) is 6.42 Å². The van der Waals surface area contributed by atoms with E-state index < -0.39 is 0 Å². The molecule has 4 atom stereocenters. The van der Waals surface area contributed by atoms with Crippen molar-refractivity contribution in [2.45, 2.75) is 37.5 Å². The number of likely N-dealkylation sites (tertiary alicyclic amines) is 1. The minimum absolute atomic E-state index is 0.00523.